The Labute approximate surface area is 387 Å². The molecule has 0 atom stereocenters. The van der Waals surface area contributed by atoms with Gasteiger partial charge in [-0.1, -0.05) is 137 Å². The van der Waals surface area contributed by atoms with Crippen molar-refractivity contribution in [1.29, 1.82) is 0 Å². The zero-order chi connectivity index (χ0) is 44.8. The average molecular weight is 853 g/mol. The summed E-state index contributed by atoms with van der Waals surface area (Å²) in [6.07, 6.45) is 19.9. The molecule has 0 N–H and O–H groups in total. The first kappa shape index (κ1) is 40.5. The van der Waals surface area contributed by atoms with Crippen LogP contribution in [0, 0.1) is 0 Å². The summed E-state index contributed by atoms with van der Waals surface area (Å²) in [6.45, 7) is 9.33. The number of anilines is 6. The summed E-state index contributed by atoms with van der Waals surface area (Å²) in [5.41, 5.74) is 18.9. The summed E-state index contributed by atoms with van der Waals surface area (Å²) in [7, 11) is 0. The van der Waals surface area contributed by atoms with E-state index in [1.165, 1.54) is 55.6 Å². The lowest BCUT2D eigenvalue weighted by Gasteiger charge is -2.27. The van der Waals surface area contributed by atoms with Crippen LogP contribution in [0.5, 0.6) is 0 Å². The molecule has 9 aromatic rings. The van der Waals surface area contributed by atoms with Crippen LogP contribution >= 0.6 is 0 Å². The largest absolute Gasteiger partial charge is 0.295 e. The quantitative estimate of drug-likeness (QED) is 0.128. The molecule has 11 rings (SSSR count). The molecular formula is C60H48N6. The van der Waals surface area contributed by atoms with Gasteiger partial charge in [0, 0.05) is 59.4 Å². The predicted molar refractivity (Wildman–Crippen MR) is 273 cm³/mol. The summed E-state index contributed by atoms with van der Waals surface area (Å²) in [5.74, 6) is 1.73. The van der Waals surface area contributed by atoms with E-state index in [4.69, 9.17) is 9.97 Å². The van der Waals surface area contributed by atoms with Crippen molar-refractivity contribution in [1.82, 2.24) is 19.9 Å². The van der Waals surface area contributed by atoms with Crippen molar-refractivity contribution >= 4 is 58.7 Å². The highest BCUT2D eigenvalue weighted by atomic mass is 15.2. The number of rotatable bonds is 10. The molecule has 0 fully saturated rings. The Morgan fingerprint density at radius 2 is 0.682 bits per heavy atom. The van der Waals surface area contributed by atoms with Crippen LogP contribution in [0.25, 0.3) is 46.6 Å². The fraction of sp³-hybridized carbons (Fsp3) is 0.100. The monoisotopic (exact) mass is 852 g/mol. The molecule has 0 saturated heterocycles. The zero-order valence-electron chi connectivity index (χ0n) is 37.5. The van der Waals surface area contributed by atoms with Crippen molar-refractivity contribution in [2.75, 3.05) is 9.80 Å². The summed E-state index contributed by atoms with van der Waals surface area (Å²) in [6, 6.07) is 56.3. The van der Waals surface area contributed by atoms with E-state index in [0.29, 0.717) is 0 Å². The van der Waals surface area contributed by atoms with Gasteiger partial charge >= 0.3 is 0 Å². The molecule has 0 aliphatic heterocycles. The highest BCUT2D eigenvalue weighted by Gasteiger charge is 2.37. The molecule has 5 aromatic carbocycles. The Bertz CT molecular complexity index is 2980. The molecule has 0 radical (unpaired) electrons. The van der Waals surface area contributed by atoms with Gasteiger partial charge in [0.15, 0.2) is 0 Å². The van der Waals surface area contributed by atoms with Crippen molar-refractivity contribution in [3.63, 3.8) is 0 Å². The van der Waals surface area contributed by atoms with Crippen LogP contribution in [-0.2, 0) is 10.8 Å². The van der Waals surface area contributed by atoms with Crippen LogP contribution in [0.2, 0.25) is 0 Å². The van der Waals surface area contributed by atoms with E-state index in [1.54, 1.807) is 0 Å². The van der Waals surface area contributed by atoms with Gasteiger partial charge < -0.3 is 0 Å². The highest BCUT2D eigenvalue weighted by molar-refractivity contribution is 5.88. The van der Waals surface area contributed by atoms with Crippen molar-refractivity contribution in [3.8, 4) is 22.3 Å². The number of hydrogen-bond donors (Lipinski definition) is 0. The van der Waals surface area contributed by atoms with Crippen LogP contribution in [0.1, 0.15) is 72.2 Å². The summed E-state index contributed by atoms with van der Waals surface area (Å²) < 4.78 is 0. The van der Waals surface area contributed by atoms with Gasteiger partial charge in [-0.05, 0) is 140 Å². The third-order valence-corrected chi connectivity index (χ3v) is 13.4. The van der Waals surface area contributed by atoms with E-state index in [0.717, 1.165) is 45.5 Å². The van der Waals surface area contributed by atoms with E-state index in [2.05, 4.69) is 169 Å². The number of aromatic nitrogens is 4. The van der Waals surface area contributed by atoms with Crippen LogP contribution in [0.15, 0.2) is 195 Å². The smallest absolute Gasteiger partial charge is 0.137 e. The molecule has 2 aliphatic carbocycles. The molecule has 2 aliphatic rings. The minimum Gasteiger partial charge on any atom is -0.295 e. The Morgan fingerprint density at radius 3 is 1.06 bits per heavy atom. The van der Waals surface area contributed by atoms with E-state index < -0.39 is 0 Å². The summed E-state index contributed by atoms with van der Waals surface area (Å²) in [4.78, 5) is 22.3. The highest BCUT2D eigenvalue weighted by Crippen LogP contribution is 2.52. The number of pyridine rings is 4. The number of nitrogens with zero attached hydrogens (tertiary/aromatic N) is 6. The van der Waals surface area contributed by atoms with Gasteiger partial charge in [-0.25, -0.2) is 9.97 Å². The maximum atomic E-state index is 4.72. The van der Waals surface area contributed by atoms with Gasteiger partial charge in [-0.15, -0.1) is 0 Å². The Balaban J connectivity index is 0.796. The average Bonchev–Trinajstić information content (AvgIpc) is 3.72. The van der Waals surface area contributed by atoms with E-state index >= 15 is 0 Å². The Hall–Kier alpha value is -8.22. The Kier molecular flexibility index (Phi) is 10.1. The lowest BCUT2D eigenvalue weighted by atomic mass is 9.81. The van der Waals surface area contributed by atoms with E-state index in [-0.39, 0.29) is 10.8 Å². The second kappa shape index (κ2) is 16.4. The van der Waals surface area contributed by atoms with Gasteiger partial charge in [-0.3, -0.25) is 19.8 Å². The molecule has 318 valence electrons. The molecule has 0 unspecified atom stereocenters. The van der Waals surface area contributed by atoms with E-state index in [1.807, 2.05) is 97.8 Å². The second-order valence-electron chi connectivity index (χ2n) is 18.1. The molecule has 6 nitrogen and oxygen atoms in total. The van der Waals surface area contributed by atoms with Gasteiger partial charge in [0.1, 0.15) is 11.6 Å². The normalized spacial score (nSPS) is 13.9. The van der Waals surface area contributed by atoms with Gasteiger partial charge in [0.05, 0.1) is 11.4 Å². The first-order valence-corrected chi connectivity index (χ1v) is 22.5. The lowest BCUT2D eigenvalue weighted by molar-refractivity contribution is 0.660. The molecule has 0 bridgehead atoms. The van der Waals surface area contributed by atoms with Crippen LogP contribution < -0.4 is 9.80 Å². The summed E-state index contributed by atoms with van der Waals surface area (Å²) in [5, 5.41) is 0. The number of fused-ring (bicyclic) bond motifs is 6. The van der Waals surface area contributed by atoms with Crippen LogP contribution in [-0.4, -0.2) is 19.9 Å². The van der Waals surface area contributed by atoms with Gasteiger partial charge in [0.25, 0.3) is 0 Å². The van der Waals surface area contributed by atoms with Crippen molar-refractivity contribution in [3.05, 3.63) is 239 Å². The van der Waals surface area contributed by atoms with Crippen molar-refractivity contribution in [2.24, 2.45) is 0 Å². The first-order valence-electron chi connectivity index (χ1n) is 22.5. The van der Waals surface area contributed by atoms with E-state index in [9.17, 15) is 0 Å². The van der Waals surface area contributed by atoms with Crippen molar-refractivity contribution in [2.45, 2.75) is 38.5 Å². The minimum atomic E-state index is -0.183. The fourth-order valence-corrected chi connectivity index (χ4v) is 9.86. The topological polar surface area (TPSA) is 58.0 Å². The third kappa shape index (κ3) is 7.27. The van der Waals surface area contributed by atoms with Crippen LogP contribution in [0.3, 0.4) is 0 Å². The molecule has 0 spiro atoms. The van der Waals surface area contributed by atoms with Crippen LogP contribution in [0.4, 0.5) is 34.4 Å². The molecule has 66 heavy (non-hydrogen) atoms. The summed E-state index contributed by atoms with van der Waals surface area (Å²) >= 11 is 0. The van der Waals surface area contributed by atoms with Gasteiger partial charge in [0.2, 0.25) is 0 Å². The minimum absolute atomic E-state index is 0.183. The maximum absolute atomic E-state index is 4.72. The molecule has 4 aromatic heterocycles. The molecule has 4 heterocycles. The lowest BCUT2D eigenvalue weighted by Crippen LogP contribution is -2.17. The SMILES string of the molecule is CC1(C)c2cc(/C=C/c3ccc(/C=C/c4ccc5c(c4)C(C)(C)c4cc(N(c6ccncc6)c6ccccn6)ccc4-5)cc3)ccc2-c2ccc(N(c3ccncc3)c3ccccn3)cc21. The molecule has 6 heteroatoms. The van der Waals surface area contributed by atoms with Crippen molar-refractivity contribution < 1.29 is 0 Å². The fourth-order valence-electron chi connectivity index (χ4n) is 9.86. The number of benzene rings is 5. The standard InChI is InChI=1S/C60H48N6/c1-59(2)53-37-43(19-23-49(53)51-25-21-47(39-55(51)59)65(45-27-33-61-34-28-45)57-9-5-7-31-63-57)17-15-41-11-13-42(14-12-41)16-18-44-20-24-50-52-26-22-48(40-56(52)60(3,4)54(50)38-44)66(46-29-35-62-36-30-46)58-10-6-8-32-64-58/h5-40H,1-4H3/b17-15+,18-16+. The maximum Gasteiger partial charge on any atom is 0.137 e. The molecule has 0 amide bonds. The Morgan fingerprint density at radius 1 is 0.333 bits per heavy atom. The third-order valence-electron chi connectivity index (χ3n) is 13.4. The molecular weight excluding hydrogens is 805 g/mol. The second-order valence-corrected chi connectivity index (χ2v) is 18.1. The van der Waals surface area contributed by atoms with Gasteiger partial charge in [-0.2, -0.15) is 0 Å². The first-order chi connectivity index (χ1) is 32.2. The zero-order valence-corrected chi connectivity index (χ0v) is 37.5. The molecule has 0 saturated carbocycles. The number of hydrogen-bond acceptors (Lipinski definition) is 6. The predicted octanol–water partition coefficient (Wildman–Crippen LogP) is 15.2.